The lowest BCUT2D eigenvalue weighted by Crippen LogP contribution is -2.32. The van der Waals surface area contributed by atoms with Crippen LogP contribution in [0.4, 0.5) is 17.1 Å². The van der Waals surface area contributed by atoms with Crippen LogP contribution in [0.25, 0.3) is 0 Å². The maximum absolute atomic E-state index is 12.1. The molecular formula is C19H21ClN4O4. The topological polar surface area (TPSA) is 105 Å². The number of hydrogen-bond acceptors (Lipinski definition) is 5. The van der Waals surface area contributed by atoms with E-state index >= 15 is 0 Å². The molecule has 0 atom stereocenters. The highest BCUT2D eigenvalue weighted by molar-refractivity contribution is 6.30. The predicted molar refractivity (Wildman–Crippen MR) is 109 cm³/mol. The molecule has 2 rings (SSSR count). The summed E-state index contributed by atoms with van der Waals surface area (Å²) in [6.07, 6.45) is 0.178. The van der Waals surface area contributed by atoms with Crippen molar-refractivity contribution < 1.29 is 14.5 Å². The van der Waals surface area contributed by atoms with Crippen molar-refractivity contribution >= 4 is 40.5 Å². The number of carbonyl (C=O) groups excluding carboxylic acids is 2. The van der Waals surface area contributed by atoms with Crippen molar-refractivity contribution in [3.8, 4) is 0 Å². The van der Waals surface area contributed by atoms with Gasteiger partial charge in [0, 0.05) is 41.5 Å². The Morgan fingerprint density at radius 3 is 2.54 bits per heavy atom. The van der Waals surface area contributed by atoms with Crippen LogP contribution in [0.3, 0.4) is 0 Å². The minimum atomic E-state index is -0.484. The van der Waals surface area contributed by atoms with Crippen molar-refractivity contribution in [3.63, 3.8) is 0 Å². The van der Waals surface area contributed by atoms with Crippen LogP contribution in [0.2, 0.25) is 5.02 Å². The first-order valence-corrected chi connectivity index (χ1v) is 8.91. The highest BCUT2D eigenvalue weighted by atomic mass is 35.5. The molecule has 0 saturated carbocycles. The number of halogens is 1. The van der Waals surface area contributed by atoms with Crippen molar-refractivity contribution in [1.82, 2.24) is 4.90 Å². The van der Waals surface area contributed by atoms with Gasteiger partial charge in [0.1, 0.15) is 0 Å². The summed E-state index contributed by atoms with van der Waals surface area (Å²) in [5.41, 5.74) is 1.71. The Morgan fingerprint density at radius 1 is 1.14 bits per heavy atom. The van der Waals surface area contributed by atoms with E-state index in [9.17, 15) is 19.7 Å². The van der Waals surface area contributed by atoms with Gasteiger partial charge in [0.25, 0.3) is 5.69 Å². The number of nitrogens with zero attached hydrogens (tertiary/aromatic N) is 2. The van der Waals surface area contributed by atoms with Crippen molar-refractivity contribution in [2.75, 3.05) is 30.8 Å². The summed E-state index contributed by atoms with van der Waals surface area (Å²) in [6, 6.07) is 11.1. The maximum atomic E-state index is 12.1. The van der Waals surface area contributed by atoms with Gasteiger partial charge in [0.15, 0.2) is 0 Å². The van der Waals surface area contributed by atoms with E-state index in [0.29, 0.717) is 28.5 Å². The molecule has 9 heteroatoms. The van der Waals surface area contributed by atoms with E-state index in [1.54, 1.807) is 43.1 Å². The van der Waals surface area contributed by atoms with E-state index < -0.39 is 4.92 Å². The molecule has 0 radical (unpaired) electrons. The number of nitro groups is 1. The SMILES string of the molecule is Cc1cc([N+](=O)[O-])ccc1NC(=O)CCN(C)CC(=O)Nc1cccc(Cl)c1. The highest BCUT2D eigenvalue weighted by Crippen LogP contribution is 2.21. The third-order valence-electron chi connectivity index (χ3n) is 3.94. The Hall–Kier alpha value is -2.97. The van der Waals surface area contributed by atoms with Gasteiger partial charge in [0.05, 0.1) is 11.5 Å². The zero-order chi connectivity index (χ0) is 20.7. The summed E-state index contributed by atoms with van der Waals surface area (Å²) in [5, 5.41) is 16.8. The van der Waals surface area contributed by atoms with Crippen LogP contribution in [0.1, 0.15) is 12.0 Å². The highest BCUT2D eigenvalue weighted by Gasteiger charge is 2.12. The lowest BCUT2D eigenvalue weighted by molar-refractivity contribution is -0.384. The van der Waals surface area contributed by atoms with Crippen LogP contribution < -0.4 is 10.6 Å². The van der Waals surface area contributed by atoms with Crippen LogP contribution in [0.5, 0.6) is 0 Å². The summed E-state index contributed by atoms with van der Waals surface area (Å²) >= 11 is 5.88. The van der Waals surface area contributed by atoms with Gasteiger partial charge in [-0.1, -0.05) is 17.7 Å². The van der Waals surface area contributed by atoms with Crippen molar-refractivity contribution in [1.29, 1.82) is 0 Å². The fraction of sp³-hybridized carbons (Fsp3) is 0.263. The molecule has 0 heterocycles. The van der Waals surface area contributed by atoms with Gasteiger partial charge in [-0.05, 0) is 43.8 Å². The molecule has 0 aliphatic rings. The minimum Gasteiger partial charge on any atom is -0.326 e. The van der Waals surface area contributed by atoms with Crippen LogP contribution in [0, 0.1) is 17.0 Å². The van der Waals surface area contributed by atoms with E-state index in [1.165, 1.54) is 18.2 Å². The minimum absolute atomic E-state index is 0.0269. The summed E-state index contributed by atoms with van der Waals surface area (Å²) in [4.78, 5) is 36.2. The van der Waals surface area contributed by atoms with Crippen LogP contribution in [0.15, 0.2) is 42.5 Å². The van der Waals surface area contributed by atoms with Crippen LogP contribution in [-0.4, -0.2) is 41.8 Å². The molecule has 2 aromatic carbocycles. The average molecular weight is 405 g/mol. The molecule has 0 aliphatic carbocycles. The van der Waals surface area contributed by atoms with Crippen LogP contribution >= 0.6 is 11.6 Å². The third-order valence-corrected chi connectivity index (χ3v) is 4.17. The molecule has 2 aromatic rings. The fourth-order valence-electron chi connectivity index (χ4n) is 2.50. The molecule has 0 spiro atoms. The first-order valence-electron chi connectivity index (χ1n) is 8.53. The number of non-ortho nitro benzene ring substituents is 1. The van der Waals surface area contributed by atoms with Gasteiger partial charge in [-0.2, -0.15) is 0 Å². The monoisotopic (exact) mass is 404 g/mol. The third kappa shape index (κ3) is 6.64. The van der Waals surface area contributed by atoms with Crippen molar-refractivity contribution in [2.24, 2.45) is 0 Å². The number of carbonyl (C=O) groups is 2. The molecule has 0 bridgehead atoms. The number of aryl methyl sites for hydroxylation is 1. The number of nitrogens with one attached hydrogen (secondary N) is 2. The number of likely N-dealkylation sites (N-methyl/N-ethyl adjacent to an activating group) is 1. The lowest BCUT2D eigenvalue weighted by atomic mass is 10.1. The molecule has 148 valence electrons. The molecule has 0 aromatic heterocycles. The summed E-state index contributed by atoms with van der Waals surface area (Å²) in [5.74, 6) is -0.449. The van der Waals surface area contributed by atoms with E-state index in [4.69, 9.17) is 11.6 Å². The molecule has 8 nitrogen and oxygen atoms in total. The Morgan fingerprint density at radius 2 is 1.89 bits per heavy atom. The summed E-state index contributed by atoms with van der Waals surface area (Å²) in [6.45, 7) is 2.19. The molecular weight excluding hydrogens is 384 g/mol. The predicted octanol–water partition coefficient (Wildman–Crippen LogP) is 3.46. The van der Waals surface area contributed by atoms with Gasteiger partial charge in [-0.15, -0.1) is 0 Å². The van der Waals surface area contributed by atoms with E-state index in [2.05, 4.69) is 10.6 Å². The standard InChI is InChI=1S/C19H21ClN4O4/c1-13-10-16(24(27)28)6-7-17(13)22-18(25)8-9-23(2)12-19(26)21-15-5-3-4-14(20)11-15/h3-7,10-11H,8-9,12H2,1-2H3,(H,21,26)(H,22,25). The average Bonchev–Trinajstić information content (AvgIpc) is 2.61. The number of amides is 2. The quantitative estimate of drug-likeness (QED) is 0.518. The molecule has 0 fully saturated rings. The van der Waals surface area contributed by atoms with E-state index in [0.717, 1.165) is 0 Å². The lowest BCUT2D eigenvalue weighted by Gasteiger charge is -2.16. The molecule has 0 saturated heterocycles. The smallest absolute Gasteiger partial charge is 0.269 e. The fourth-order valence-corrected chi connectivity index (χ4v) is 2.69. The Balaban J connectivity index is 1.79. The number of benzene rings is 2. The molecule has 0 unspecified atom stereocenters. The van der Waals surface area contributed by atoms with E-state index in [1.807, 2.05) is 0 Å². The van der Waals surface area contributed by atoms with Crippen molar-refractivity contribution in [2.45, 2.75) is 13.3 Å². The second-order valence-electron chi connectivity index (χ2n) is 6.35. The van der Waals surface area contributed by atoms with E-state index in [-0.39, 0.29) is 30.5 Å². The number of anilines is 2. The van der Waals surface area contributed by atoms with Gasteiger partial charge in [0.2, 0.25) is 11.8 Å². The largest absolute Gasteiger partial charge is 0.326 e. The Labute approximate surface area is 167 Å². The molecule has 28 heavy (non-hydrogen) atoms. The van der Waals surface area contributed by atoms with Crippen LogP contribution in [-0.2, 0) is 9.59 Å². The number of rotatable bonds is 8. The Kier molecular flexibility index (Phi) is 7.48. The summed E-state index contributed by atoms with van der Waals surface area (Å²) in [7, 11) is 1.74. The maximum Gasteiger partial charge on any atom is 0.269 e. The van der Waals surface area contributed by atoms with Gasteiger partial charge in [-0.3, -0.25) is 24.6 Å². The normalized spacial score (nSPS) is 10.6. The van der Waals surface area contributed by atoms with Gasteiger partial charge in [-0.25, -0.2) is 0 Å². The number of nitro benzene ring substituents is 1. The zero-order valence-electron chi connectivity index (χ0n) is 15.6. The zero-order valence-corrected chi connectivity index (χ0v) is 16.3. The second-order valence-corrected chi connectivity index (χ2v) is 6.79. The molecule has 0 aliphatic heterocycles. The first kappa shape index (κ1) is 21.3. The number of hydrogen-bond donors (Lipinski definition) is 2. The molecule has 2 amide bonds. The van der Waals surface area contributed by atoms with Gasteiger partial charge < -0.3 is 10.6 Å². The first-order chi connectivity index (χ1) is 13.2. The second kappa shape index (κ2) is 9.82. The van der Waals surface area contributed by atoms with Crippen molar-refractivity contribution in [3.05, 3.63) is 63.2 Å². The molecule has 2 N–H and O–H groups in total. The summed E-state index contributed by atoms with van der Waals surface area (Å²) < 4.78 is 0. The van der Waals surface area contributed by atoms with Gasteiger partial charge >= 0.3 is 0 Å². The Bertz CT molecular complexity index is 888.